The molecule has 0 aliphatic rings. The largest absolute Gasteiger partial charge is 0.383 e. The second-order valence-corrected chi connectivity index (χ2v) is 4.35. The van der Waals surface area contributed by atoms with Gasteiger partial charge in [0.15, 0.2) is 5.84 Å². The Morgan fingerprint density at radius 1 is 1.40 bits per heavy atom. The highest BCUT2D eigenvalue weighted by atomic mass is 35.5. The van der Waals surface area contributed by atoms with E-state index in [1.807, 2.05) is 0 Å². The maximum absolute atomic E-state index is 11.4. The molecule has 5 nitrogen and oxygen atoms in total. The smallest absolute Gasteiger partial charge is 0.358 e. The Hall–Kier alpha value is -1.27. The molecule has 1 aromatic carbocycles. The summed E-state index contributed by atoms with van der Waals surface area (Å²) in [5, 5.41) is 3.17. The monoisotopic (exact) mass is 248 g/mol. The Labute approximate surface area is 92.6 Å². The summed E-state index contributed by atoms with van der Waals surface area (Å²) in [6, 6.07) is 7.62. The minimum absolute atomic E-state index is 0.0103. The number of halogens is 1. The van der Waals surface area contributed by atoms with E-state index < -0.39 is 10.1 Å². The summed E-state index contributed by atoms with van der Waals surface area (Å²) < 4.78 is 27.2. The van der Waals surface area contributed by atoms with Crippen molar-refractivity contribution in [1.82, 2.24) is 0 Å². The molecule has 0 atom stereocenters. The predicted octanol–water partition coefficient (Wildman–Crippen LogP) is 0.903. The highest BCUT2D eigenvalue weighted by Crippen LogP contribution is 2.11. The third-order valence-electron chi connectivity index (χ3n) is 1.42. The van der Waals surface area contributed by atoms with E-state index in [1.165, 1.54) is 12.1 Å². The molecular weight excluding hydrogens is 240 g/mol. The molecule has 0 aliphatic carbocycles. The quantitative estimate of drug-likeness (QED) is 0.372. The van der Waals surface area contributed by atoms with Crippen LogP contribution in [0.2, 0.25) is 0 Å². The van der Waals surface area contributed by atoms with Gasteiger partial charge in [0, 0.05) is 0 Å². The average Bonchev–Trinajstić information content (AvgIpc) is 2.27. The van der Waals surface area contributed by atoms with Crippen LogP contribution in [0.15, 0.2) is 40.4 Å². The first-order valence-corrected chi connectivity index (χ1v) is 5.87. The molecule has 0 saturated carbocycles. The molecule has 0 amide bonds. The molecule has 0 fully saturated rings. The van der Waals surface area contributed by atoms with Crippen LogP contribution >= 0.6 is 11.6 Å². The highest BCUT2D eigenvalue weighted by molar-refractivity contribution is 7.86. The van der Waals surface area contributed by atoms with Crippen LogP contribution in [0.1, 0.15) is 0 Å². The standard InChI is InChI=1S/C8H9ClN2O3S/c9-6-8(10)11-14-15(12,13)7-4-2-1-3-5-7/h1-5H,6H2,(H2,10,11). The number of rotatable bonds is 4. The minimum Gasteiger partial charge on any atom is -0.383 e. The van der Waals surface area contributed by atoms with Crippen LogP contribution in [-0.4, -0.2) is 20.1 Å². The van der Waals surface area contributed by atoms with Crippen LogP contribution in [0.5, 0.6) is 0 Å². The molecule has 82 valence electrons. The number of amidine groups is 1. The van der Waals surface area contributed by atoms with Gasteiger partial charge in [-0.2, -0.15) is 8.42 Å². The van der Waals surface area contributed by atoms with E-state index in [0.29, 0.717) is 0 Å². The molecule has 1 aromatic rings. The van der Waals surface area contributed by atoms with E-state index in [-0.39, 0.29) is 16.6 Å². The second kappa shape index (κ2) is 4.99. The number of oxime groups is 1. The lowest BCUT2D eigenvalue weighted by Gasteiger charge is -2.00. The maximum Gasteiger partial charge on any atom is 0.358 e. The first-order valence-electron chi connectivity index (χ1n) is 3.93. The van der Waals surface area contributed by atoms with Crippen molar-refractivity contribution in [2.75, 3.05) is 5.88 Å². The average molecular weight is 249 g/mol. The molecule has 0 radical (unpaired) electrons. The van der Waals surface area contributed by atoms with Gasteiger partial charge in [0.05, 0.1) is 5.88 Å². The number of nitrogens with zero attached hydrogens (tertiary/aromatic N) is 1. The lowest BCUT2D eigenvalue weighted by Crippen LogP contribution is -2.15. The summed E-state index contributed by atoms with van der Waals surface area (Å²) in [7, 11) is -3.89. The summed E-state index contributed by atoms with van der Waals surface area (Å²) in [6.07, 6.45) is 0. The van der Waals surface area contributed by atoms with Crippen molar-refractivity contribution in [1.29, 1.82) is 0 Å². The van der Waals surface area contributed by atoms with Gasteiger partial charge in [-0.05, 0) is 12.1 Å². The van der Waals surface area contributed by atoms with Crippen molar-refractivity contribution >= 4 is 27.6 Å². The Balaban J connectivity index is 2.87. The van der Waals surface area contributed by atoms with E-state index in [1.54, 1.807) is 18.2 Å². The first-order chi connectivity index (χ1) is 7.06. The van der Waals surface area contributed by atoms with Crippen LogP contribution in [0.3, 0.4) is 0 Å². The van der Waals surface area contributed by atoms with Gasteiger partial charge in [0.2, 0.25) is 0 Å². The number of alkyl halides is 1. The van der Waals surface area contributed by atoms with Crippen LogP contribution in [0, 0.1) is 0 Å². The van der Waals surface area contributed by atoms with Crippen LogP contribution in [0.4, 0.5) is 0 Å². The molecule has 7 heteroatoms. The van der Waals surface area contributed by atoms with E-state index in [4.69, 9.17) is 17.3 Å². The number of nitrogens with two attached hydrogens (primary N) is 1. The molecule has 0 unspecified atom stereocenters. The third-order valence-corrected chi connectivity index (χ3v) is 2.82. The molecular formula is C8H9ClN2O3S. The molecule has 0 bridgehead atoms. The van der Waals surface area contributed by atoms with Crippen molar-refractivity contribution in [3.8, 4) is 0 Å². The zero-order chi connectivity index (χ0) is 11.3. The predicted molar refractivity (Wildman–Crippen MR) is 57.1 cm³/mol. The van der Waals surface area contributed by atoms with Crippen molar-refractivity contribution in [3.05, 3.63) is 30.3 Å². The van der Waals surface area contributed by atoms with Crippen molar-refractivity contribution in [3.63, 3.8) is 0 Å². The lowest BCUT2D eigenvalue weighted by atomic mass is 10.4. The van der Waals surface area contributed by atoms with E-state index in [9.17, 15) is 8.42 Å². The van der Waals surface area contributed by atoms with Gasteiger partial charge in [0.1, 0.15) is 4.90 Å². The maximum atomic E-state index is 11.4. The van der Waals surface area contributed by atoms with Gasteiger partial charge in [-0.25, -0.2) is 0 Å². The summed E-state index contributed by atoms with van der Waals surface area (Å²) in [6.45, 7) is 0. The van der Waals surface area contributed by atoms with E-state index in [2.05, 4.69) is 9.44 Å². The van der Waals surface area contributed by atoms with Crippen molar-refractivity contribution in [2.45, 2.75) is 4.90 Å². The molecule has 0 aromatic heterocycles. The van der Waals surface area contributed by atoms with Crippen molar-refractivity contribution in [2.24, 2.45) is 10.9 Å². The third kappa shape index (κ3) is 3.41. The van der Waals surface area contributed by atoms with E-state index in [0.717, 1.165) is 0 Å². The fourth-order valence-electron chi connectivity index (χ4n) is 0.752. The molecule has 0 aliphatic heterocycles. The Bertz CT molecular complexity index is 444. The van der Waals surface area contributed by atoms with Gasteiger partial charge in [-0.15, -0.1) is 11.6 Å². The van der Waals surface area contributed by atoms with Gasteiger partial charge in [0.25, 0.3) is 0 Å². The molecule has 2 N–H and O–H groups in total. The molecule has 15 heavy (non-hydrogen) atoms. The minimum atomic E-state index is -3.89. The number of hydrogen-bond donors (Lipinski definition) is 1. The van der Waals surface area contributed by atoms with Gasteiger partial charge in [-0.1, -0.05) is 23.4 Å². The highest BCUT2D eigenvalue weighted by Gasteiger charge is 2.14. The second-order valence-electron chi connectivity index (χ2n) is 2.56. The van der Waals surface area contributed by atoms with Gasteiger partial charge in [-0.3, -0.25) is 4.28 Å². The molecule has 0 spiro atoms. The SMILES string of the molecule is NC(CCl)=NOS(=O)(=O)c1ccccc1. The Morgan fingerprint density at radius 2 is 2.00 bits per heavy atom. The molecule has 0 heterocycles. The van der Waals surface area contributed by atoms with Gasteiger partial charge < -0.3 is 5.73 Å². The zero-order valence-electron chi connectivity index (χ0n) is 7.63. The van der Waals surface area contributed by atoms with E-state index >= 15 is 0 Å². The normalized spacial score (nSPS) is 12.5. The number of benzene rings is 1. The Kier molecular flexibility index (Phi) is 3.93. The summed E-state index contributed by atoms with van der Waals surface area (Å²) in [4.78, 5) is 0.0103. The summed E-state index contributed by atoms with van der Waals surface area (Å²) in [5.74, 6) is -0.194. The van der Waals surface area contributed by atoms with Crippen LogP contribution in [0.25, 0.3) is 0 Å². The fraction of sp³-hybridized carbons (Fsp3) is 0.125. The number of hydrogen-bond acceptors (Lipinski definition) is 4. The summed E-state index contributed by atoms with van der Waals surface area (Å²) >= 11 is 5.30. The molecule has 1 rings (SSSR count). The topological polar surface area (TPSA) is 81.8 Å². The van der Waals surface area contributed by atoms with Crippen molar-refractivity contribution < 1.29 is 12.7 Å². The van der Waals surface area contributed by atoms with Crippen LogP contribution in [-0.2, 0) is 14.4 Å². The van der Waals surface area contributed by atoms with Gasteiger partial charge >= 0.3 is 10.1 Å². The van der Waals surface area contributed by atoms with Crippen LogP contribution < -0.4 is 5.73 Å². The molecule has 0 saturated heterocycles. The fourth-order valence-corrected chi connectivity index (χ4v) is 1.57. The Morgan fingerprint density at radius 3 is 2.53 bits per heavy atom. The first kappa shape index (κ1) is 11.8. The lowest BCUT2D eigenvalue weighted by molar-refractivity contribution is 0.338. The summed E-state index contributed by atoms with van der Waals surface area (Å²) in [5.41, 5.74) is 5.19. The zero-order valence-corrected chi connectivity index (χ0v) is 9.20.